The van der Waals surface area contributed by atoms with Gasteiger partial charge in [-0.05, 0) is 52.0 Å². The number of allylic oxidation sites excluding steroid dienone is 2. The highest BCUT2D eigenvalue weighted by Gasteiger charge is 2.17. The van der Waals surface area contributed by atoms with E-state index >= 15 is 0 Å². The molecule has 0 bridgehead atoms. The summed E-state index contributed by atoms with van der Waals surface area (Å²) in [6.45, 7) is 5.03. The van der Waals surface area contributed by atoms with Gasteiger partial charge in [-0.1, -0.05) is 11.6 Å². The maximum absolute atomic E-state index is 12.7. The van der Waals surface area contributed by atoms with Crippen molar-refractivity contribution in [1.29, 1.82) is 5.26 Å². The fourth-order valence-electron chi connectivity index (χ4n) is 3.51. The highest BCUT2D eigenvalue weighted by atomic mass is 16.1. The molecule has 2 heterocycles. The second-order valence-electron chi connectivity index (χ2n) is 6.61. The molecule has 6 heteroatoms. The quantitative estimate of drug-likeness (QED) is 0.598. The molecule has 0 spiro atoms. The van der Waals surface area contributed by atoms with E-state index in [0.717, 1.165) is 24.4 Å². The third-order valence-corrected chi connectivity index (χ3v) is 4.95. The third-order valence-electron chi connectivity index (χ3n) is 4.95. The number of nitrogens with zero attached hydrogens (tertiary/aromatic N) is 5. The van der Waals surface area contributed by atoms with Crippen molar-refractivity contribution in [3.05, 3.63) is 46.8 Å². The molecular weight excluding hydrogens is 314 g/mol. The van der Waals surface area contributed by atoms with E-state index in [-0.39, 0.29) is 18.2 Å². The number of hydrogen-bond donors (Lipinski definition) is 0. The van der Waals surface area contributed by atoms with Crippen molar-refractivity contribution in [2.75, 3.05) is 0 Å². The number of rotatable bonds is 6. The SMILES string of the molecule is Cc1cc(C(=O)Cn2cnnc2C#N)c(C)n1CCC1=CCCCC1. The van der Waals surface area contributed by atoms with E-state index in [0.29, 0.717) is 5.56 Å². The Balaban J connectivity index is 1.73. The molecule has 2 aromatic heterocycles. The predicted octanol–water partition coefficient (Wildman–Crippen LogP) is 3.34. The van der Waals surface area contributed by atoms with Gasteiger partial charge in [0.1, 0.15) is 12.4 Å². The lowest BCUT2D eigenvalue weighted by Gasteiger charge is -2.15. The fraction of sp³-hybridized carbons (Fsp3) is 0.474. The average Bonchev–Trinajstić information content (AvgIpc) is 3.18. The Bertz CT molecular complexity index is 850. The molecule has 0 saturated heterocycles. The van der Waals surface area contributed by atoms with Crippen LogP contribution in [0.4, 0.5) is 0 Å². The number of aromatic nitrogens is 4. The Kier molecular flexibility index (Phi) is 5.13. The Morgan fingerprint density at radius 1 is 1.36 bits per heavy atom. The first-order chi connectivity index (χ1) is 12.1. The van der Waals surface area contributed by atoms with E-state index in [9.17, 15) is 4.79 Å². The first kappa shape index (κ1) is 17.2. The van der Waals surface area contributed by atoms with Gasteiger partial charge in [-0.25, -0.2) is 0 Å². The summed E-state index contributed by atoms with van der Waals surface area (Å²) in [4.78, 5) is 12.7. The number of hydrogen-bond acceptors (Lipinski definition) is 4. The van der Waals surface area contributed by atoms with Crippen molar-refractivity contribution in [3.63, 3.8) is 0 Å². The van der Waals surface area contributed by atoms with Crippen molar-refractivity contribution in [1.82, 2.24) is 19.3 Å². The van der Waals surface area contributed by atoms with Gasteiger partial charge in [-0.15, -0.1) is 10.2 Å². The smallest absolute Gasteiger partial charge is 0.235 e. The van der Waals surface area contributed by atoms with Crippen LogP contribution in [-0.4, -0.2) is 25.1 Å². The van der Waals surface area contributed by atoms with Crippen LogP contribution >= 0.6 is 0 Å². The minimum absolute atomic E-state index is 0.0208. The molecule has 1 aliphatic rings. The number of nitriles is 1. The molecule has 0 unspecified atom stereocenters. The van der Waals surface area contributed by atoms with Gasteiger partial charge < -0.3 is 4.57 Å². The van der Waals surface area contributed by atoms with Crippen LogP contribution in [0.1, 0.15) is 59.7 Å². The lowest BCUT2D eigenvalue weighted by Crippen LogP contribution is -2.13. The van der Waals surface area contributed by atoms with Crippen LogP contribution in [0.5, 0.6) is 0 Å². The lowest BCUT2D eigenvalue weighted by molar-refractivity contribution is 0.0971. The zero-order valence-electron chi connectivity index (χ0n) is 14.8. The van der Waals surface area contributed by atoms with Crippen molar-refractivity contribution >= 4 is 5.78 Å². The first-order valence-corrected chi connectivity index (χ1v) is 8.76. The number of aryl methyl sites for hydroxylation is 1. The minimum Gasteiger partial charge on any atom is -0.348 e. The van der Waals surface area contributed by atoms with E-state index in [2.05, 4.69) is 20.8 Å². The van der Waals surface area contributed by atoms with E-state index in [1.165, 1.54) is 42.2 Å². The van der Waals surface area contributed by atoms with E-state index in [1.54, 1.807) is 0 Å². The van der Waals surface area contributed by atoms with Crippen molar-refractivity contribution < 1.29 is 4.79 Å². The van der Waals surface area contributed by atoms with Crippen molar-refractivity contribution in [2.24, 2.45) is 0 Å². The number of ketones is 1. The zero-order chi connectivity index (χ0) is 17.8. The maximum atomic E-state index is 12.7. The molecule has 0 fully saturated rings. The van der Waals surface area contributed by atoms with Gasteiger partial charge in [-0.3, -0.25) is 9.36 Å². The Morgan fingerprint density at radius 2 is 2.20 bits per heavy atom. The molecular formula is C19H23N5O. The second-order valence-corrected chi connectivity index (χ2v) is 6.61. The number of carbonyl (C=O) groups excluding carboxylic acids is 1. The van der Waals surface area contributed by atoms with Crippen molar-refractivity contribution in [2.45, 2.75) is 59.0 Å². The Morgan fingerprint density at radius 3 is 2.92 bits per heavy atom. The topological polar surface area (TPSA) is 76.5 Å². The number of Topliss-reactive ketones (excluding diaryl/α,β-unsaturated/α-hetero) is 1. The second kappa shape index (κ2) is 7.47. The van der Waals surface area contributed by atoms with E-state index in [4.69, 9.17) is 5.26 Å². The van der Waals surface area contributed by atoms with Gasteiger partial charge in [-0.2, -0.15) is 5.26 Å². The summed E-state index contributed by atoms with van der Waals surface area (Å²) in [7, 11) is 0. The summed E-state index contributed by atoms with van der Waals surface area (Å²) in [5.74, 6) is 0.138. The molecule has 0 aliphatic heterocycles. The summed E-state index contributed by atoms with van der Waals surface area (Å²) >= 11 is 0. The molecule has 0 N–H and O–H groups in total. The van der Waals surface area contributed by atoms with E-state index < -0.39 is 0 Å². The molecule has 0 saturated carbocycles. The monoisotopic (exact) mass is 337 g/mol. The summed E-state index contributed by atoms with van der Waals surface area (Å²) in [5.41, 5.74) is 4.34. The molecule has 3 rings (SSSR count). The molecule has 6 nitrogen and oxygen atoms in total. The maximum Gasteiger partial charge on any atom is 0.235 e. The molecule has 0 atom stereocenters. The zero-order valence-corrected chi connectivity index (χ0v) is 14.8. The van der Waals surface area contributed by atoms with Crippen molar-refractivity contribution in [3.8, 4) is 6.07 Å². The predicted molar refractivity (Wildman–Crippen MR) is 94.1 cm³/mol. The van der Waals surface area contributed by atoms with Crippen LogP contribution in [0, 0.1) is 25.2 Å². The van der Waals surface area contributed by atoms with E-state index in [1.807, 2.05) is 26.0 Å². The summed E-state index contributed by atoms with van der Waals surface area (Å²) < 4.78 is 3.71. The van der Waals surface area contributed by atoms with Gasteiger partial charge in [0.05, 0.1) is 6.54 Å². The molecule has 25 heavy (non-hydrogen) atoms. The van der Waals surface area contributed by atoms with Crippen LogP contribution in [0.15, 0.2) is 24.0 Å². The highest BCUT2D eigenvalue weighted by Crippen LogP contribution is 2.23. The molecule has 1 aliphatic carbocycles. The summed E-state index contributed by atoms with van der Waals surface area (Å²) in [6, 6.07) is 3.89. The lowest BCUT2D eigenvalue weighted by atomic mass is 9.97. The Hall–Kier alpha value is -2.68. The van der Waals surface area contributed by atoms with Crippen LogP contribution in [0.25, 0.3) is 0 Å². The van der Waals surface area contributed by atoms with Gasteiger partial charge in [0.15, 0.2) is 5.78 Å². The van der Waals surface area contributed by atoms with Gasteiger partial charge in [0.25, 0.3) is 0 Å². The highest BCUT2D eigenvalue weighted by molar-refractivity contribution is 5.97. The molecule has 0 amide bonds. The Labute approximate surface area is 147 Å². The fourth-order valence-corrected chi connectivity index (χ4v) is 3.51. The standard InChI is InChI=1S/C19H23N5O/c1-14-10-17(18(25)12-23-13-21-22-19(23)11-20)15(2)24(14)9-8-16-6-4-3-5-7-16/h6,10,13H,3-5,7-9,12H2,1-2H3. The molecule has 0 radical (unpaired) electrons. The number of carbonyl (C=O) groups is 1. The summed E-state index contributed by atoms with van der Waals surface area (Å²) in [6.07, 6.45) is 9.84. The minimum atomic E-state index is -0.0208. The molecule has 2 aromatic rings. The molecule has 130 valence electrons. The normalized spacial score (nSPS) is 14.2. The van der Waals surface area contributed by atoms with Gasteiger partial charge in [0, 0.05) is 23.5 Å². The van der Waals surface area contributed by atoms with Crippen LogP contribution < -0.4 is 0 Å². The first-order valence-electron chi connectivity index (χ1n) is 8.76. The molecule has 0 aromatic carbocycles. The van der Waals surface area contributed by atoms with Gasteiger partial charge in [0.2, 0.25) is 5.82 Å². The van der Waals surface area contributed by atoms with Crippen LogP contribution in [-0.2, 0) is 13.1 Å². The average molecular weight is 337 g/mol. The summed E-state index contributed by atoms with van der Waals surface area (Å²) in [5, 5.41) is 16.4. The largest absolute Gasteiger partial charge is 0.348 e. The van der Waals surface area contributed by atoms with Gasteiger partial charge >= 0.3 is 0 Å². The van der Waals surface area contributed by atoms with Crippen LogP contribution in [0.2, 0.25) is 0 Å². The third kappa shape index (κ3) is 3.71. The van der Waals surface area contributed by atoms with Crippen LogP contribution in [0.3, 0.4) is 0 Å².